The molecule has 1 fully saturated rings. The summed E-state index contributed by atoms with van der Waals surface area (Å²) < 4.78 is 0. The molecule has 2 atom stereocenters. The highest BCUT2D eigenvalue weighted by atomic mass is 35.5. The first-order chi connectivity index (χ1) is 7.50. The Morgan fingerprint density at radius 3 is 2.12 bits per heavy atom. The second-order valence-electron chi connectivity index (χ2n) is 3.97. The van der Waals surface area contributed by atoms with Gasteiger partial charge in [-0.1, -0.05) is 30.7 Å². The van der Waals surface area contributed by atoms with Crippen molar-refractivity contribution in [2.24, 2.45) is 5.92 Å². The Morgan fingerprint density at radius 2 is 1.81 bits per heavy atom. The Kier molecular flexibility index (Phi) is 5.10. The lowest BCUT2D eigenvalue weighted by atomic mass is 9.71. The minimum atomic E-state index is -1.36. The van der Waals surface area contributed by atoms with Crippen molar-refractivity contribution in [2.45, 2.75) is 25.7 Å². The first-order valence-corrected chi connectivity index (χ1v) is 5.90. The average Bonchev–Trinajstić information content (AvgIpc) is 2.18. The molecule has 0 spiro atoms. The summed E-state index contributed by atoms with van der Waals surface area (Å²) in [5.41, 5.74) is 0.0955. The predicted octanol–water partition coefficient (Wildman–Crippen LogP) is 4.76. The average molecular weight is 261 g/mol. The van der Waals surface area contributed by atoms with Gasteiger partial charge in [0, 0.05) is 16.6 Å². The number of hydrogen-bond acceptors (Lipinski definition) is 1. The topological polar surface area (TPSA) is 37.3 Å². The zero-order valence-corrected chi connectivity index (χ0v) is 10.5. The fourth-order valence-corrected chi connectivity index (χ4v) is 2.00. The quantitative estimate of drug-likeness (QED) is 0.740. The van der Waals surface area contributed by atoms with Crippen LogP contribution in [-0.4, -0.2) is 10.5 Å². The summed E-state index contributed by atoms with van der Waals surface area (Å²) in [5, 5.41) is 8.02. The van der Waals surface area contributed by atoms with Crippen molar-refractivity contribution in [2.75, 3.05) is 0 Å². The van der Waals surface area contributed by atoms with Gasteiger partial charge in [0.25, 0.3) is 0 Å². The SMILES string of the molecule is CC1CCC1c1ccc(Cl)cc1.O=C(O)Cl. The summed E-state index contributed by atoms with van der Waals surface area (Å²) in [4.78, 5) is 8.77. The van der Waals surface area contributed by atoms with Gasteiger partial charge in [-0.2, -0.15) is 0 Å². The highest BCUT2D eigenvalue weighted by Crippen LogP contribution is 2.41. The van der Waals surface area contributed by atoms with E-state index in [1.165, 1.54) is 18.4 Å². The monoisotopic (exact) mass is 260 g/mol. The number of hydrogen-bond donors (Lipinski definition) is 1. The molecule has 0 heterocycles. The van der Waals surface area contributed by atoms with Crippen LogP contribution in [0.25, 0.3) is 0 Å². The molecule has 2 nitrogen and oxygen atoms in total. The van der Waals surface area contributed by atoms with Crippen LogP contribution in [0.5, 0.6) is 0 Å². The van der Waals surface area contributed by atoms with Crippen LogP contribution < -0.4 is 0 Å². The maximum Gasteiger partial charge on any atom is 0.401 e. The second-order valence-corrected chi connectivity index (χ2v) is 4.73. The van der Waals surface area contributed by atoms with Gasteiger partial charge >= 0.3 is 5.43 Å². The third-order valence-corrected chi connectivity index (χ3v) is 3.17. The summed E-state index contributed by atoms with van der Waals surface area (Å²) >= 11 is 10.0. The number of rotatable bonds is 1. The Balaban J connectivity index is 0.000000280. The summed E-state index contributed by atoms with van der Waals surface area (Å²) in [6.07, 6.45) is 2.73. The number of benzene rings is 1. The lowest BCUT2D eigenvalue weighted by Gasteiger charge is -2.34. The van der Waals surface area contributed by atoms with Gasteiger partial charge in [-0.3, -0.25) is 0 Å². The molecule has 1 aliphatic rings. The van der Waals surface area contributed by atoms with E-state index in [2.05, 4.69) is 30.7 Å². The largest absolute Gasteiger partial charge is 0.469 e. The highest BCUT2D eigenvalue weighted by molar-refractivity contribution is 6.60. The van der Waals surface area contributed by atoms with E-state index in [4.69, 9.17) is 21.5 Å². The molecule has 0 amide bonds. The molecule has 0 radical (unpaired) electrons. The standard InChI is InChI=1S/C11H13Cl.CHClO2/c1-8-2-7-11(8)9-3-5-10(12)6-4-9;2-1(3)4/h3-6,8,11H,2,7H2,1H3;(H,3,4). The zero-order valence-electron chi connectivity index (χ0n) is 8.99. The number of carboxylic acid groups (broad SMARTS) is 1. The molecule has 2 unspecified atom stereocenters. The van der Waals surface area contributed by atoms with Crippen LogP contribution in [0.4, 0.5) is 4.79 Å². The van der Waals surface area contributed by atoms with Gasteiger partial charge in [-0.25, -0.2) is 4.79 Å². The van der Waals surface area contributed by atoms with Crippen LogP contribution in [0.2, 0.25) is 5.02 Å². The smallest absolute Gasteiger partial charge is 0.401 e. The summed E-state index contributed by atoms with van der Waals surface area (Å²) in [6.45, 7) is 2.32. The van der Waals surface area contributed by atoms with Crippen molar-refractivity contribution in [1.29, 1.82) is 0 Å². The molecule has 0 saturated heterocycles. The molecule has 2 rings (SSSR count). The van der Waals surface area contributed by atoms with E-state index in [-0.39, 0.29) is 0 Å². The Labute approximate surface area is 105 Å². The van der Waals surface area contributed by atoms with Gasteiger partial charge in [0.15, 0.2) is 0 Å². The van der Waals surface area contributed by atoms with E-state index in [0.717, 1.165) is 16.9 Å². The van der Waals surface area contributed by atoms with Crippen molar-refractivity contribution < 1.29 is 9.90 Å². The van der Waals surface area contributed by atoms with Crippen LogP contribution in [0.3, 0.4) is 0 Å². The third-order valence-electron chi connectivity index (χ3n) is 2.92. The van der Waals surface area contributed by atoms with E-state index in [9.17, 15) is 0 Å². The molecular formula is C12H14Cl2O2. The Hall–Kier alpha value is -0.730. The molecule has 1 aromatic rings. The first kappa shape index (κ1) is 13.3. The normalized spacial score (nSPS) is 22.7. The highest BCUT2D eigenvalue weighted by Gasteiger charge is 2.27. The molecule has 0 bridgehead atoms. The van der Waals surface area contributed by atoms with Crippen LogP contribution in [0.1, 0.15) is 31.2 Å². The molecule has 16 heavy (non-hydrogen) atoms. The van der Waals surface area contributed by atoms with E-state index >= 15 is 0 Å². The van der Waals surface area contributed by atoms with Crippen LogP contribution >= 0.6 is 23.2 Å². The Morgan fingerprint density at radius 1 is 1.31 bits per heavy atom. The zero-order chi connectivity index (χ0) is 12.1. The van der Waals surface area contributed by atoms with Crippen molar-refractivity contribution in [3.8, 4) is 0 Å². The summed E-state index contributed by atoms with van der Waals surface area (Å²) in [7, 11) is 0. The number of halogens is 2. The predicted molar refractivity (Wildman–Crippen MR) is 66.5 cm³/mol. The molecule has 1 saturated carbocycles. The molecular weight excluding hydrogens is 247 g/mol. The Bertz CT molecular complexity index is 345. The molecule has 0 aliphatic heterocycles. The minimum Gasteiger partial charge on any atom is -0.469 e. The maximum absolute atomic E-state index is 8.77. The second kappa shape index (κ2) is 6.12. The lowest BCUT2D eigenvalue weighted by molar-refractivity contribution is 0.220. The van der Waals surface area contributed by atoms with Crippen molar-refractivity contribution >= 4 is 28.6 Å². The van der Waals surface area contributed by atoms with Crippen molar-refractivity contribution in [1.82, 2.24) is 0 Å². The van der Waals surface area contributed by atoms with Crippen LogP contribution in [0, 0.1) is 5.92 Å². The molecule has 88 valence electrons. The van der Waals surface area contributed by atoms with Gasteiger partial charge < -0.3 is 5.11 Å². The van der Waals surface area contributed by atoms with E-state index < -0.39 is 5.43 Å². The third kappa shape index (κ3) is 4.03. The maximum atomic E-state index is 8.77. The molecule has 1 aromatic carbocycles. The van der Waals surface area contributed by atoms with Crippen molar-refractivity contribution in [3.05, 3.63) is 34.9 Å². The van der Waals surface area contributed by atoms with Gasteiger partial charge in [-0.05, 0) is 42.4 Å². The van der Waals surface area contributed by atoms with Gasteiger partial charge in [0.1, 0.15) is 0 Å². The summed E-state index contributed by atoms with van der Waals surface area (Å²) in [6, 6.07) is 8.29. The molecule has 1 N–H and O–H groups in total. The van der Waals surface area contributed by atoms with Gasteiger partial charge in [0.2, 0.25) is 0 Å². The fraction of sp³-hybridized carbons (Fsp3) is 0.417. The fourth-order valence-electron chi connectivity index (χ4n) is 1.87. The number of carbonyl (C=O) groups is 1. The molecule has 0 aromatic heterocycles. The van der Waals surface area contributed by atoms with Gasteiger partial charge in [-0.15, -0.1) is 0 Å². The van der Waals surface area contributed by atoms with E-state index in [1.807, 2.05) is 12.1 Å². The van der Waals surface area contributed by atoms with Crippen molar-refractivity contribution in [3.63, 3.8) is 0 Å². The van der Waals surface area contributed by atoms with Crippen LogP contribution in [-0.2, 0) is 0 Å². The minimum absolute atomic E-state index is 0.794. The first-order valence-electron chi connectivity index (χ1n) is 5.14. The van der Waals surface area contributed by atoms with E-state index in [1.54, 1.807) is 0 Å². The lowest BCUT2D eigenvalue weighted by Crippen LogP contribution is -2.20. The molecule has 4 heteroatoms. The van der Waals surface area contributed by atoms with E-state index in [0.29, 0.717) is 0 Å². The summed E-state index contributed by atoms with van der Waals surface area (Å²) in [5.74, 6) is 1.66. The van der Waals surface area contributed by atoms with Gasteiger partial charge in [0.05, 0.1) is 0 Å². The molecule has 1 aliphatic carbocycles. The van der Waals surface area contributed by atoms with Crippen LogP contribution in [0.15, 0.2) is 24.3 Å².